The molecule has 8 heteroatoms. The van der Waals surface area contributed by atoms with Crippen LogP contribution >= 0.6 is 0 Å². The first kappa shape index (κ1) is 23.1. The number of carbonyl (C=O) groups excluding carboxylic acids is 1. The summed E-state index contributed by atoms with van der Waals surface area (Å²) in [7, 11) is 5.04. The van der Waals surface area contributed by atoms with Gasteiger partial charge in [0.2, 0.25) is 5.91 Å². The van der Waals surface area contributed by atoms with Gasteiger partial charge < -0.3 is 19.4 Å². The highest BCUT2D eigenvalue weighted by atomic mass is 16.5. The quantitative estimate of drug-likeness (QED) is 0.452. The van der Waals surface area contributed by atoms with Crippen molar-refractivity contribution in [1.29, 1.82) is 0 Å². The van der Waals surface area contributed by atoms with Crippen molar-refractivity contribution in [3.8, 4) is 22.8 Å². The first-order valence-electron chi connectivity index (χ1n) is 11.0. The predicted octanol–water partition coefficient (Wildman–Crippen LogP) is 3.91. The molecule has 0 atom stereocenters. The lowest BCUT2D eigenvalue weighted by molar-refractivity contribution is -0.116. The van der Waals surface area contributed by atoms with Crippen LogP contribution in [0.5, 0.6) is 11.5 Å². The van der Waals surface area contributed by atoms with Gasteiger partial charge >= 0.3 is 0 Å². The van der Waals surface area contributed by atoms with Crippen LogP contribution in [0, 0.1) is 13.8 Å². The minimum absolute atomic E-state index is 0.142. The Balaban J connectivity index is 1.62. The van der Waals surface area contributed by atoms with Crippen LogP contribution in [0.25, 0.3) is 16.9 Å². The summed E-state index contributed by atoms with van der Waals surface area (Å²) < 4.78 is 14.0. The average molecular weight is 461 g/mol. The Morgan fingerprint density at radius 3 is 2.38 bits per heavy atom. The van der Waals surface area contributed by atoms with Crippen LogP contribution in [0.1, 0.15) is 23.2 Å². The molecule has 0 bridgehead atoms. The number of fused-ring (bicyclic) bond motifs is 1. The molecular formula is C26H28N4O4. The summed E-state index contributed by atoms with van der Waals surface area (Å²) in [6.07, 6.45) is 0.511. The maximum absolute atomic E-state index is 13.3. The molecule has 2 aromatic carbocycles. The molecule has 0 saturated carbocycles. The van der Waals surface area contributed by atoms with Crippen LogP contribution in [0.4, 0.5) is 5.69 Å². The zero-order valence-electron chi connectivity index (χ0n) is 20.0. The fourth-order valence-electron chi connectivity index (χ4n) is 3.94. The molecule has 2 aromatic heterocycles. The molecule has 0 aliphatic heterocycles. The molecule has 8 nitrogen and oxygen atoms in total. The number of benzene rings is 2. The van der Waals surface area contributed by atoms with E-state index in [0.717, 1.165) is 22.5 Å². The lowest BCUT2D eigenvalue weighted by atomic mass is 10.1. The van der Waals surface area contributed by atoms with Crippen molar-refractivity contribution in [2.45, 2.75) is 26.7 Å². The van der Waals surface area contributed by atoms with Crippen molar-refractivity contribution >= 4 is 17.2 Å². The largest absolute Gasteiger partial charge is 0.493 e. The molecule has 1 N–H and O–H groups in total. The molecule has 0 fully saturated rings. The lowest BCUT2D eigenvalue weighted by Gasteiger charge is -2.12. The molecule has 4 aromatic rings. The van der Waals surface area contributed by atoms with E-state index in [0.29, 0.717) is 34.8 Å². The average Bonchev–Trinajstić information content (AvgIpc) is 3.29. The SMILES string of the molecule is COc1ccc(-c2cc3n(C)c(C)c(CCC(=O)Nc4ccc(C)cc4)c(=O)n3n2)cc1OC. The number of ether oxygens (including phenoxy) is 2. The van der Waals surface area contributed by atoms with Crippen molar-refractivity contribution in [1.82, 2.24) is 14.2 Å². The van der Waals surface area contributed by atoms with E-state index in [1.54, 1.807) is 20.3 Å². The molecule has 1 amide bonds. The third-order valence-corrected chi connectivity index (χ3v) is 6.04. The Kier molecular flexibility index (Phi) is 6.40. The van der Waals surface area contributed by atoms with Crippen molar-refractivity contribution in [2.75, 3.05) is 19.5 Å². The van der Waals surface area contributed by atoms with Crippen molar-refractivity contribution in [2.24, 2.45) is 7.05 Å². The number of amides is 1. The third kappa shape index (κ3) is 4.39. The highest BCUT2D eigenvalue weighted by Crippen LogP contribution is 2.32. The van der Waals surface area contributed by atoms with E-state index in [9.17, 15) is 9.59 Å². The number of methoxy groups -OCH3 is 2. The Morgan fingerprint density at radius 2 is 1.71 bits per heavy atom. The standard InChI is InChI=1S/C26H28N4O4/c1-16-6-9-19(10-7-16)27-24(31)13-11-20-17(2)29(3)25-15-21(28-30(25)26(20)32)18-8-12-22(33-4)23(14-18)34-5/h6-10,12,14-15H,11,13H2,1-5H3,(H,27,31). The zero-order valence-corrected chi connectivity index (χ0v) is 20.0. The molecule has 0 aliphatic rings. The molecule has 0 saturated heterocycles. The highest BCUT2D eigenvalue weighted by molar-refractivity contribution is 5.90. The van der Waals surface area contributed by atoms with Crippen LogP contribution in [0.2, 0.25) is 0 Å². The number of carbonyl (C=O) groups is 1. The summed E-state index contributed by atoms with van der Waals surface area (Å²) in [5, 5.41) is 7.45. The Morgan fingerprint density at radius 1 is 1.00 bits per heavy atom. The minimum atomic E-state index is -0.222. The molecule has 34 heavy (non-hydrogen) atoms. The Bertz CT molecular complexity index is 1420. The van der Waals surface area contributed by atoms with E-state index in [-0.39, 0.29) is 17.9 Å². The number of rotatable bonds is 7. The van der Waals surface area contributed by atoms with Gasteiger partial charge in [-0.1, -0.05) is 17.7 Å². The highest BCUT2D eigenvalue weighted by Gasteiger charge is 2.17. The van der Waals surface area contributed by atoms with Gasteiger partial charge in [0.15, 0.2) is 11.5 Å². The van der Waals surface area contributed by atoms with E-state index in [1.807, 2.05) is 67.9 Å². The van der Waals surface area contributed by atoms with Crippen molar-refractivity contribution < 1.29 is 14.3 Å². The van der Waals surface area contributed by atoms with Crippen molar-refractivity contribution in [3.63, 3.8) is 0 Å². The number of nitrogens with zero attached hydrogens (tertiary/aromatic N) is 3. The Labute approximate surface area is 197 Å². The summed E-state index contributed by atoms with van der Waals surface area (Å²) in [4.78, 5) is 25.8. The van der Waals surface area contributed by atoms with Crippen LogP contribution in [-0.2, 0) is 18.3 Å². The van der Waals surface area contributed by atoms with Gasteiger partial charge in [-0.3, -0.25) is 9.59 Å². The molecule has 176 valence electrons. The van der Waals surface area contributed by atoms with Crippen molar-refractivity contribution in [3.05, 3.63) is 75.7 Å². The Hall–Kier alpha value is -4.07. The summed E-state index contributed by atoms with van der Waals surface area (Å²) in [6.45, 7) is 3.88. The molecule has 2 heterocycles. The molecule has 0 aliphatic carbocycles. The summed E-state index contributed by atoms with van der Waals surface area (Å²) in [5.41, 5.74) is 5.12. The maximum atomic E-state index is 13.3. The summed E-state index contributed by atoms with van der Waals surface area (Å²) in [5.74, 6) is 1.06. The van der Waals surface area contributed by atoms with Gasteiger partial charge in [0.05, 0.1) is 19.9 Å². The van der Waals surface area contributed by atoms with Gasteiger partial charge in [-0.25, -0.2) is 0 Å². The van der Waals surface area contributed by atoms with Gasteiger partial charge in [-0.2, -0.15) is 9.61 Å². The maximum Gasteiger partial charge on any atom is 0.277 e. The van der Waals surface area contributed by atoms with Crippen LogP contribution in [0.15, 0.2) is 53.3 Å². The van der Waals surface area contributed by atoms with Gasteiger partial charge in [0, 0.05) is 42.0 Å². The molecular weight excluding hydrogens is 432 g/mol. The summed E-state index contributed by atoms with van der Waals surface area (Å²) in [6, 6.07) is 15.0. The van der Waals surface area contributed by atoms with Gasteiger partial charge in [0.25, 0.3) is 5.56 Å². The molecule has 0 unspecified atom stereocenters. The fourth-order valence-corrected chi connectivity index (χ4v) is 3.94. The monoisotopic (exact) mass is 460 g/mol. The van der Waals surface area contributed by atoms with E-state index in [1.165, 1.54) is 4.52 Å². The molecule has 0 radical (unpaired) electrons. The van der Waals surface area contributed by atoms with E-state index in [4.69, 9.17) is 9.47 Å². The second-order valence-electron chi connectivity index (χ2n) is 8.21. The summed E-state index contributed by atoms with van der Waals surface area (Å²) >= 11 is 0. The molecule has 0 spiro atoms. The number of hydrogen-bond acceptors (Lipinski definition) is 5. The number of aromatic nitrogens is 3. The van der Waals surface area contributed by atoms with Crippen LogP contribution < -0.4 is 20.3 Å². The van der Waals surface area contributed by atoms with E-state index in [2.05, 4.69) is 10.4 Å². The first-order chi connectivity index (χ1) is 16.3. The number of nitrogens with one attached hydrogen (secondary N) is 1. The number of hydrogen-bond donors (Lipinski definition) is 1. The zero-order chi connectivity index (χ0) is 24.4. The minimum Gasteiger partial charge on any atom is -0.493 e. The smallest absolute Gasteiger partial charge is 0.277 e. The van der Waals surface area contributed by atoms with Gasteiger partial charge in [-0.05, 0) is 50.6 Å². The van der Waals surface area contributed by atoms with Crippen LogP contribution in [-0.4, -0.2) is 34.3 Å². The van der Waals surface area contributed by atoms with Gasteiger partial charge in [-0.15, -0.1) is 0 Å². The first-order valence-corrected chi connectivity index (χ1v) is 11.0. The second-order valence-corrected chi connectivity index (χ2v) is 8.21. The fraction of sp³-hybridized carbons (Fsp3) is 0.269. The predicted molar refractivity (Wildman–Crippen MR) is 132 cm³/mol. The van der Waals surface area contributed by atoms with E-state index < -0.39 is 0 Å². The molecule has 4 rings (SSSR count). The second kappa shape index (κ2) is 9.43. The van der Waals surface area contributed by atoms with Crippen LogP contribution in [0.3, 0.4) is 0 Å². The number of aryl methyl sites for hydroxylation is 2. The third-order valence-electron chi connectivity index (χ3n) is 6.04. The normalized spacial score (nSPS) is 11.0. The lowest BCUT2D eigenvalue weighted by Crippen LogP contribution is -2.26. The number of anilines is 1. The van der Waals surface area contributed by atoms with E-state index >= 15 is 0 Å². The topological polar surface area (TPSA) is 86.9 Å². The van der Waals surface area contributed by atoms with Gasteiger partial charge in [0.1, 0.15) is 5.65 Å².